The van der Waals surface area contributed by atoms with Gasteiger partial charge in [0.25, 0.3) is 0 Å². The second kappa shape index (κ2) is 10.3. The molecule has 0 unspecified atom stereocenters. The van der Waals surface area contributed by atoms with E-state index < -0.39 is 0 Å². The Balaban J connectivity index is 1.49. The van der Waals surface area contributed by atoms with Gasteiger partial charge in [0.05, 0.1) is 5.71 Å². The van der Waals surface area contributed by atoms with Crippen molar-refractivity contribution in [3.8, 4) is 11.1 Å². The second-order valence-corrected chi connectivity index (χ2v) is 7.54. The SMILES string of the molecule is C/C(=N\NC(=O)CCC(=O)Nc1ccc(C)cc1C)c1ccc(-c2ccccc2)cc1. The molecule has 0 aromatic heterocycles. The summed E-state index contributed by atoms with van der Waals surface area (Å²) in [7, 11) is 0. The predicted octanol–water partition coefficient (Wildman–Crippen LogP) is 5.23. The van der Waals surface area contributed by atoms with Crippen molar-refractivity contribution < 1.29 is 9.59 Å². The first-order valence-corrected chi connectivity index (χ1v) is 10.3. The Bertz CT molecular complexity index is 1090. The van der Waals surface area contributed by atoms with Crippen molar-refractivity contribution in [2.75, 3.05) is 5.32 Å². The molecular formula is C26H27N3O2. The average molecular weight is 414 g/mol. The monoisotopic (exact) mass is 413 g/mol. The molecular weight excluding hydrogens is 386 g/mol. The molecule has 3 aromatic rings. The molecule has 0 saturated carbocycles. The van der Waals surface area contributed by atoms with E-state index in [1.807, 2.05) is 81.4 Å². The fourth-order valence-electron chi connectivity index (χ4n) is 3.19. The van der Waals surface area contributed by atoms with E-state index in [0.717, 1.165) is 33.5 Å². The highest BCUT2D eigenvalue weighted by Gasteiger charge is 2.09. The van der Waals surface area contributed by atoms with Crippen LogP contribution in [0.15, 0.2) is 77.9 Å². The summed E-state index contributed by atoms with van der Waals surface area (Å²) in [6, 6.07) is 24.0. The van der Waals surface area contributed by atoms with Gasteiger partial charge in [0.1, 0.15) is 0 Å². The number of benzene rings is 3. The summed E-state index contributed by atoms with van der Waals surface area (Å²) in [6.45, 7) is 5.78. The molecule has 0 spiro atoms. The summed E-state index contributed by atoms with van der Waals surface area (Å²) in [5, 5.41) is 7.02. The maximum atomic E-state index is 12.1. The van der Waals surface area contributed by atoms with E-state index in [9.17, 15) is 9.59 Å². The Morgan fingerprint density at radius 3 is 2.13 bits per heavy atom. The summed E-state index contributed by atoms with van der Waals surface area (Å²) >= 11 is 0. The van der Waals surface area contributed by atoms with Crippen molar-refractivity contribution in [1.29, 1.82) is 0 Å². The summed E-state index contributed by atoms with van der Waals surface area (Å²) < 4.78 is 0. The number of aryl methyl sites for hydroxylation is 2. The van der Waals surface area contributed by atoms with Gasteiger partial charge >= 0.3 is 0 Å². The molecule has 0 bridgehead atoms. The molecule has 31 heavy (non-hydrogen) atoms. The van der Waals surface area contributed by atoms with E-state index in [1.165, 1.54) is 0 Å². The van der Waals surface area contributed by atoms with Crippen LogP contribution in [0.5, 0.6) is 0 Å². The molecule has 0 heterocycles. The molecule has 3 aromatic carbocycles. The third kappa shape index (κ3) is 6.37. The van der Waals surface area contributed by atoms with Gasteiger partial charge in [0.2, 0.25) is 11.8 Å². The molecule has 0 aliphatic carbocycles. The fraction of sp³-hybridized carbons (Fsp3) is 0.192. The summed E-state index contributed by atoms with van der Waals surface area (Å²) in [5.74, 6) is -0.490. The van der Waals surface area contributed by atoms with Gasteiger partial charge in [0, 0.05) is 18.5 Å². The van der Waals surface area contributed by atoms with Gasteiger partial charge in [-0.25, -0.2) is 5.43 Å². The third-order valence-electron chi connectivity index (χ3n) is 4.99. The first-order valence-electron chi connectivity index (χ1n) is 10.3. The van der Waals surface area contributed by atoms with Gasteiger partial charge in [0.15, 0.2) is 0 Å². The average Bonchev–Trinajstić information content (AvgIpc) is 2.78. The summed E-state index contributed by atoms with van der Waals surface area (Å²) in [6.07, 6.45) is 0.167. The van der Waals surface area contributed by atoms with Gasteiger partial charge in [-0.1, -0.05) is 72.3 Å². The molecule has 0 saturated heterocycles. The second-order valence-electron chi connectivity index (χ2n) is 7.54. The molecule has 2 N–H and O–H groups in total. The van der Waals surface area contributed by atoms with Crippen LogP contribution in [0.3, 0.4) is 0 Å². The summed E-state index contributed by atoms with van der Waals surface area (Å²) in [4.78, 5) is 24.2. The van der Waals surface area contributed by atoms with E-state index in [2.05, 4.69) is 28.0 Å². The number of carbonyl (C=O) groups is 2. The fourth-order valence-corrected chi connectivity index (χ4v) is 3.19. The summed E-state index contributed by atoms with van der Waals surface area (Å²) in [5.41, 5.74) is 9.33. The number of hydrazone groups is 1. The highest BCUT2D eigenvalue weighted by molar-refractivity contribution is 6.00. The van der Waals surface area contributed by atoms with Gasteiger partial charge in [-0.2, -0.15) is 5.10 Å². The molecule has 0 radical (unpaired) electrons. The largest absolute Gasteiger partial charge is 0.326 e. The number of nitrogens with zero attached hydrogens (tertiary/aromatic N) is 1. The Labute approximate surface area is 183 Å². The maximum Gasteiger partial charge on any atom is 0.240 e. The van der Waals surface area contributed by atoms with Crippen molar-refractivity contribution in [2.45, 2.75) is 33.6 Å². The van der Waals surface area contributed by atoms with Crippen LogP contribution >= 0.6 is 0 Å². The lowest BCUT2D eigenvalue weighted by molar-refractivity contribution is -0.124. The zero-order valence-electron chi connectivity index (χ0n) is 18.1. The van der Waals surface area contributed by atoms with E-state index in [-0.39, 0.29) is 24.7 Å². The van der Waals surface area contributed by atoms with Crippen LogP contribution in [0.2, 0.25) is 0 Å². The van der Waals surface area contributed by atoms with Gasteiger partial charge in [-0.15, -0.1) is 0 Å². The molecule has 0 fully saturated rings. The number of anilines is 1. The first-order chi connectivity index (χ1) is 14.9. The van der Waals surface area contributed by atoms with Crippen LogP contribution < -0.4 is 10.7 Å². The number of amides is 2. The highest BCUT2D eigenvalue weighted by Crippen LogP contribution is 2.19. The lowest BCUT2D eigenvalue weighted by Gasteiger charge is -2.09. The number of hydrogen-bond donors (Lipinski definition) is 2. The highest BCUT2D eigenvalue weighted by atomic mass is 16.2. The minimum Gasteiger partial charge on any atom is -0.326 e. The lowest BCUT2D eigenvalue weighted by atomic mass is 10.0. The first kappa shape index (κ1) is 22.0. The van der Waals surface area contributed by atoms with Crippen LogP contribution in [0, 0.1) is 13.8 Å². The Morgan fingerprint density at radius 1 is 0.806 bits per heavy atom. The topological polar surface area (TPSA) is 70.6 Å². The normalized spacial score (nSPS) is 11.1. The molecule has 5 nitrogen and oxygen atoms in total. The minimum absolute atomic E-state index is 0.0699. The van der Waals surface area contributed by atoms with Crippen molar-refractivity contribution in [3.05, 3.63) is 89.5 Å². The molecule has 0 aliphatic heterocycles. The number of carbonyl (C=O) groups excluding carboxylic acids is 2. The molecule has 0 atom stereocenters. The van der Waals surface area contributed by atoms with Crippen LogP contribution in [0.1, 0.15) is 36.5 Å². The van der Waals surface area contributed by atoms with Crippen molar-refractivity contribution in [2.24, 2.45) is 5.10 Å². The van der Waals surface area contributed by atoms with Crippen molar-refractivity contribution in [1.82, 2.24) is 5.43 Å². The molecule has 3 rings (SSSR count). The van der Waals surface area contributed by atoms with Gasteiger partial charge in [-0.05, 0) is 49.1 Å². The Hall–Kier alpha value is -3.73. The van der Waals surface area contributed by atoms with Crippen LogP contribution in [-0.4, -0.2) is 17.5 Å². The molecule has 0 aliphatic rings. The van der Waals surface area contributed by atoms with Gasteiger partial charge < -0.3 is 5.32 Å². The Kier molecular flexibility index (Phi) is 7.33. The Morgan fingerprint density at radius 2 is 1.45 bits per heavy atom. The van der Waals surface area contributed by atoms with E-state index in [0.29, 0.717) is 5.71 Å². The molecule has 5 heteroatoms. The van der Waals surface area contributed by atoms with Crippen molar-refractivity contribution in [3.63, 3.8) is 0 Å². The number of rotatable bonds is 7. The quantitative estimate of drug-likeness (QED) is 0.411. The zero-order valence-corrected chi connectivity index (χ0v) is 18.1. The van der Waals surface area contributed by atoms with Crippen LogP contribution in [0.25, 0.3) is 11.1 Å². The smallest absolute Gasteiger partial charge is 0.240 e. The molecule has 2 amide bonds. The maximum absolute atomic E-state index is 12.1. The predicted molar refractivity (Wildman–Crippen MR) is 126 cm³/mol. The lowest BCUT2D eigenvalue weighted by Crippen LogP contribution is -2.22. The molecule has 158 valence electrons. The zero-order chi connectivity index (χ0) is 22.2. The minimum atomic E-state index is -0.295. The standard InChI is InChI=1S/C26H27N3O2/c1-18-9-14-24(19(2)17-18)27-25(30)15-16-26(31)29-28-20(3)21-10-12-23(13-11-21)22-7-5-4-6-8-22/h4-14,17H,15-16H2,1-3H3,(H,27,30)(H,29,31)/b28-20+. The van der Waals surface area contributed by atoms with Crippen LogP contribution in [0.4, 0.5) is 5.69 Å². The van der Waals surface area contributed by atoms with Crippen LogP contribution in [-0.2, 0) is 9.59 Å². The van der Waals surface area contributed by atoms with Crippen molar-refractivity contribution >= 4 is 23.2 Å². The van der Waals surface area contributed by atoms with E-state index >= 15 is 0 Å². The van der Waals surface area contributed by atoms with E-state index in [4.69, 9.17) is 0 Å². The number of nitrogens with one attached hydrogen (secondary N) is 2. The van der Waals surface area contributed by atoms with Gasteiger partial charge in [-0.3, -0.25) is 9.59 Å². The number of hydrogen-bond acceptors (Lipinski definition) is 3. The third-order valence-corrected chi connectivity index (χ3v) is 4.99. The van der Waals surface area contributed by atoms with E-state index in [1.54, 1.807) is 0 Å².